The number of ether oxygens (including phenoxy) is 4. The molecule has 19 heteroatoms. The van der Waals surface area contributed by atoms with E-state index in [9.17, 15) is 43.2 Å². The molecule has 0 aromatic heterocycles. The van der Waals surface area contributed by atoms with Gasteiger partial charge in [-0.3, -0.25) is 37.3 Å². The van der Waals surface area contributed by atoms with E-state index < -0.39 is 97.5 Å². The first-order valence-electron chi connectivity index (χ1n) is 35.3. The summed E-state index contributed by atoms with van der Waals surface area (Å²) in [5.74, 6) is -2.13. The lowest BCUT2D eigenvalue weighted by Gasteiger charge is -2.21. The van der Waals surface area contributed by atoms with Crippen LogP contribution in [0.1, 0.15) is 349 Å². The topological polar surface area (TPSA) is 237 Å². The molecule has 3 N–H and O–H groups in total. The van der Waals surface area contributed by atoms with E-state index in [4.69, 9.17) is 37.0 Å². The van der Waals surface area contributed by atoms with Crippen molar-refractivity contribution in [3.05, 3.63) is 0 Å². The summed E-state index contributed by atoms with van der Waals surface area (Å²) in [5.41, 5.74) is 0. The van der Waals surface area contributed by atoms with Crippen molar-refractivity contribution >= 4 is 39.5 Å². The third-order valence-corrected chi connectivity index (χ3v) is 17.5. The smallest absolute Gasteiger partial charge is 0.462 e. The number of esters is 4. The van der Waals surface area contributed by atoms with Gasteiger partial charge in [0.1, 0.15) is 19.3 Å². The number of aliphatic hydroxyl groups excluding tert-OH is 1. The fourth-order valence-electron chi connectivity index (χ4n) is 10.2. The van der Waals surface area contributed by atoms with Gasteiger partial charge in [0.25, 0.3) is 0 Å². The highest BCUT2D eigenvalue weighted by atomic mass is 31.2. The minimum atomic E-state index is -4.95. The standard InChI is InChI=1S/C67H130O17P2/c1-5-9-13-17-20-23-26-29-30-31-33-36-39-42-46-50-54-67(72)84-63(58-78-65(70)52-48-44-40-37-35-32-27-24-21-18-14-10-6-2)60-82-86(75,76)80-56-61(68)55-79-85(73,74)81-59-62(57-77-64(69)51-47-43-16-12-8-4)83-66(71)53-49-45-41-38-34-28-25-22-19-15-11-7-3/h61-63,68H,5-60H2,1-4H3,(H,73,74)(H,75,76)/t61-,62+,63+/m0/s1. The summed E-state index contributed by atoms with van der Waals surface area (Å²) in [5, 5.41) is 10.5. The van der Waals surface area contributed by atoms with E-state index in [2.05, 4.69) is 27.7 Å². The third kappa shape index (κ3) is 60.9. The molecule has 510 valence electrons. The van der Waals surface area contributed by atoms with Crippen LogP contribution in [0.3, 0.4) is 0 Å². The van der Waals surface area contributed by atoms with Crippen molar-refractivity contribution in [1.29, 1.82) is 0 Å². The Morgan fingerprint density at radius 1 is 0.279 bits per heavy atom. The van der Waals surface area contributed by atoms with Crippen LogP contribution in [-0.4, -0.2) is 96.7 Å². The predicted molar refractivity (Wildman–Crippen MR) is 345 cm³/mol. The summed E-state index contributed by atoms with van der Waals surface area (Å²) in [4.78, 5) is 72.1. The molecule has 0 fully saturated rings. The van der Waals surface area contributed by atoms with Crippen molar-refractivity contribution in [3.63, 3.8) is 0 Å². The number of hydrogen-bond donors (Lipinski definition) is 3. The number of aliphatic hydroxyl groups is 1. The minimum absolute atomic E-state index is 0.107. The first kappa shape index (κ1) is 84.1. The summed E-state index contributed by atoms with van der Waals surface area (Å²) in [7, 11) is -9.88. The van der Waals surface area contributed by atoms with Crippen molar-refractivity contribution < 1.29 is 80.2 Å². The Bertz CT molecular complexity index is 1650. The summed E-state index contributed by atoms with van der Waals surface area (Å²) < 4.78 is 68.0. The van der Waals surface area contributed by atoms with Crippen LogP contribution in [0, 0.1) is 0 Å². The lowest BCUT2D eigenvalue weighted by Crippen LogP contribution is -2.30. The second-order valence-corrected chi connectivity index (χ2v) is 27.1. The van der Waals surface area contributed by atoms with E-state index in [1.165, 1.54) is 173 Å². The highest BCUT2D eigenvalue weighted by molar-refractivity contribution is 7.47. The van der Waals surface area contributed by atoms with E-state index in [0.29, 0.717) is 25.7 Å². The van der Waals surface area contributed by atoms with Crippen LogP contribution >= 0.6 is 15.6 Å². The van der Waals surface area contributed by atoms with Gasteiger partial charge in [0.2, 0.25) is 0 Å². The van der Waals surface area contributed by atoms with Crippen LogP contribution in [0.4, 0.5) is 0 Å². The number of rotatable bonds is 68. The largest absolute Gasteiger partial charge is 0.472 e. The molecule has 5 atom stereocenters. The van der Waals surface area contributed by atoms with Gasteiger partial charge >= 0.3 is 39.5 Å². The highest BCUT2D eigenvalue weighted by Gasteiger charge is 2.30. The molecule has 0 saturated carbocycles. The first-order valence-corrected chi connectivity index (χ1v) is 38.3. The van der Waals surface area contributed by atoms with Gasteiger partial charge in [-0.2, -0.15) is 0 Å². The van der Waals surface area contributed by atoms with Crippen LogP contribution in [0.2, 0.25) is 0 Å². The van der Waals surface area contributed by atoms with Gasteiger partial charge in [-0.05, 0) is 25.7 Å². The van der Waals surface area contributed by atoms with E-state index >= 15 is 0 Å². The molecule has 0 aromatic carbocycles. The summed E-state index contributed by atoms with van der Waals surface area (Å²) >= 11 is 0. The zero-order valence-electron chi connectivity index (χ0n) is 55.3. The van der Waals surface area contributed by atoms with E-state index in [1.807, 2.05) is 0 Å². The molecular formula is C67H130O17P2. The van der Waals surface area contributed by atoms with E-state index in [-0.39, 0.29) is 25.7 Å². The Kier molecular flexibility index (Phi) is 60.5. The number of hydrogen-bond acceptors (Lipinski definition) is 15. The average Bonchev–Trinajstić information content (AvgIpc) is 3.64. The zero-order valence-corrected chi connectivity index (χ0v) is 57.1. The maximum Gasteiger partial charge on any atom is 0.472 e. The predicted octanol–water partition coefficient (Wildman–Crippen LogP) is 19.1. The SMILES string of the molecule is CCCCCCCCCCCCCCCCCCC(=O)O[C@H](COC(=O)CCCCCCCCCCCCCCC)COP(=O)(O)OC[C@@H](O)COP(=O)(O)OC[C@@H](COC(=O)CCCCCCC)OC(=O)CCCCCCCCCCCCCC. The molecule has 0 aromatic rings. The maximum absolute atomic E-state index is 13.0. The van der Waals surface area contributed by atoms with Crippen LogP contribution in [0.15, 0.2) is 0 Å². The second kappa shape index (κ2) is 61.9. The summed E-state index contributed by atoms with van der Waals surface area (Å²) in [6, 6.07) is 0. The van der Waals surface area contributed by atoms with E-state index in [0.717, 1.165) is 96.3 Å². The molecule has 0 rings (SSSR count). The number of carbonyl (C=O) groups excluding carboxylic acids is 4. The van der Waals surface area contributed by atoms with Gasteiger partial charge in [0, 0.05) is 25.7 Å². The number of unbranched alkanes of at least 4 members (excludes halogenated alkanes) is 42. The molecule has 0 aliphatic carbocycles. The van der Waals surface area contributed by atoms with Crippen LogP contribution < -0.4 is 0 Å². The van der Waals surface area contributed by atoms with Gasteiger partial charge in [-0.1, -0.05) is 297 Å². The molecule has 0 aliphatic rings. The van der Waals surface area contributed by atoms with Crippen LogP contribution in [0.5, 0.6) is 0 Å². The molecule has 0 saturated heterocycles. The third-order valence-electron chi connectivity index (χ3n) is 15.6. The highest BCUT2D eigenvalue weighted by Crippen LogP contribution is 2.45. The zero-order chi connectivity index (χ0) is 63.3. The Hall–Kier alpha value is -1.94. The normalized spacial score (nSPS) is 14.1. The molecule has 0 bridgehead atoms. The maximum atomic E-state index is 13.0. The molecular weight excluding hydrogens is 1140 g/mol. The monoisotopic (exact) mass is 1270 g/mol. The summed E-state index contributed by atoms with van der Waals surface area (Å²) in [6.07, 6.45) is 48.8. The van der Waals surface area contributed by atoms with Gasteiger partial charge in [0.15, 0.2) is 12.2 Å². The van der Waals surface area contributed by atoms with Crippen molar-refractivity contribution in [2.45, 2.75) is 367 Å². The van der Waals surface area contributed by atoms with Crippen molar-refractivity contribution in [3.8, 4) is 0 Å². The average molecular weight is 1270 g/mol. The van der Waals surface area contributed by atoms with Crippen molar-refractivity contribution in [2.24, 2.45) is 0 Å². The number of carbonyl (C=O) groups is 4. The fraction of sp³-hybridized carbons (Fsp3) is 0.940. The Balaban J connectivity index is 5.16. The molecule has 0 radical (unpaired) electrons. The lowest BCUT2D eigenvalue weighted by molar-refractivity contribution is -0.161. The molecule has 17 nitrogen and oxygen atoms in total. The Labute approximate surface area is 524 Å². The van der Waals surface area contributed by atoms with Crippen molar-refractivity contribution in [1.82, 2.24) is 0 Å². The lowest BCUT2D eigenvalue weighted by atomic mass is 10.0. The van der Waals surface area contributed by atoms with Gasteiger partial charge in [-0.15, -0.1) is 0 Å². The van der Waals surface area contributed by atoms with E-state index in [1.54, 1.807) is 0 Å². The Morgan fingerprint density at radius 2 is 0.465 bits per heavy atom. The van der Waals surface area contributed by atoms with Gasteiger partial charge in [0.05, 0.1) is 26.4 Å². The molecule has 0 aliphatic heterocycles. The molecule has 0 heterocycles. The molecule has 0 amide bonds. The van der Waals surface area contributed by atoms with Gasteiger partial charge < -0.3 is 33.8 Å². The van der Waals surface area contributed by atoms with Gasteiger partial charge in [-0.25, -0.2) is 9.13 Å². The minimum Gasteiger partial charge on any atom is -0.462 e. The molecule has 0 spiro atoms. The Morgan fingerprint density at radius 3 is 0.686 bits per heavy atom. The van der Waals surface area contributed by atoms with Crippen molar-refractivity contribution in [2.75, 3.05) is 39.6 Å². The molecule has 2 unspecified atom stereocenters. The number of phosphoric acid groups is 2. The molecule has 86 heavy (non-hydrogen) atoms. The van der Waals surface area contributed by atoms with Crippen LogP contribution in [-0.2, 0) is 65.4 Å². The number of phosphoric ester groups is 2. The first-order chi connectivity index (χ1) is 41.7. The second-order valence-electron chi connectivity index (χ2n) is 24.2. The fourth-order valence-corrected chi connectivity index (χ4v) is 11.7. The summed E-state index contributed by atoms with van der Waals surface area (Å²) in [6.45, 7) is 4.84. The van der Waals surface area contributed by atoms with Crippen LogP contribution in [0.25, 0.3) is 0 Å². The quantitative estimate of drug-likeness (QED) is 0.0222.